The Balaban J connectivity index is 2.26. The first-order valence-corrected chi connectivity index (χ1v) is 7.05. The predicted molar refractivity (Wildman–Crippen MR) is 83.6 cm³/mol. The van der Waals surface area contributed by atoms with E-state index >= 15 is 0 Å². The zero-order chi connectivity index (χ0) is 14.8. The van der Waals surface area contributed by atoms with Crippen LogP contribution in [-0.4, -0.2) is 10.9 Å². The average Bonchev–Trinajstić information content (AvgIpc) is 2.43. The fourth-order valence-electron chi connectivity index (χ4n) is 1.68. The standard InChI is InChI=1S/C14H13BrClN3O/c1-14(17,9-5-3-2-4-6-9)13(20)19-11-7-10(15)8-18-12(11)16/h2-8H,17H2,1H3,(H,19,20). The van der Waals surface area contributed by atoms with Crippen LogP contribution in [0.4, 0.5) is 5.69 Å². The van der Waals surface area contributed by atoms with Crippen molar-refractivity contribution in [3.63, 3.8) is 0 Å². The lowest BCUT2D eigenvalue weighted by atomic mass is 9.92. The van der Waals surface area contributed by atoms with Gasteiger partial charge >= 0.3 is 0 Å². The zero-order valence-corrected chi connectivity index (χ0v) is 13.1. The molecule has 0 aliphatic rings. The van der Waals surface area contributed by atoms with Gasteiger partial charge in [-0.3, -0.25) is 4.79 Å². The Morgan fingerprint density at radius 2 is 2.05 bits per heavy atom. The van der Waals surface area contributed by atoms with E-state index in [1.165, 1.54) is 0 Å². The number of carbonyl (C=O) groups excluding carboxylic acids is 1. The monoisotopic (exact) mass is 353 g/mol. The number of anilines is 1. The molecule has 1 aromatic carbocycles. The molecule has 0 radical (unpaired) electrons. The quantitative estimate of drug-likeness (QED) is 0.831. The van der Waals surface area contributed by atoms with Crippen LogP contribution in [0.25, 0.3) is 0 Å². The molecule has 1 aromatic heterocycles. The number of rotatable bonds is 3. The topological polar surface area (TPSA) is 68.0 Å². The Morgan fingerprint density at radius 3 is 2.70 bits per heavy atom. The lowest BCUT2D eigenvalue weighted by molar-refractivity contribution is -0.120. The Kier molecular flexibility index (Phi) is 4.42. The molecule has 1 unspecified atom stereocenters. The number of nitrogens with one attached hydrogen (secondary N) is 1. The lowest BCUT2D eigenvalue weighted by Crippen LogP contribution is -2.45. The van der Waals surface area contributed by atoms with Crippen LogP contribution in [0.15, 0.2) is 47.1 Å². The summed E-state index contributed by atoms with van der Waals surface area (Å²) in [4.78, 5) is 16.3. The number of halogens is 2. The molecule has 104 valence electrons. The predicted octanol–water partition coefficient (Wildman–Crippen LogP) is 3.31. The third-order valence-electron chi connectivity index (χ3n) is 2.90. The van der Waals surface area contributed by atoms with Gasteiger partial charge in [0.2, 0.25) is 5.91 Å². The summed E-state index contributed by atoms with van der Waals surface area (Å²) < 4.78 is 0.718. The highest BCUT2D eigenvalue weighted by Gasteiger charge is 2.30. The number of benzene rings is 1. The maximum absolute atomic E-state index is 12.4. The molecule has 0 fully saturated rings. The molecule has 0 saturated heterocycles. The molecule has 1 amide bonds. The molecule has 20 heavy (non-hydrogen) atoms. The van der Waals surface area contributed by atoms with Gasteiger partial charge in [-0.1, -0.05) is 41.9 Å². The van der Waals surface area contributed by atoms with Gasteiger partial charge in [0.25, 0.3) is 0 Å². The maximum atomic E-state index is 12.4. The SMILES string of the molecule is CC(N)(C(=O)Nc1cc(Br)cnc1Cl)c1ccccc1. The number of aromatic nitrogens is 1. The summed E-state index contributed by atoms with van der Waals surface area (Å²) in [5.41, 5.74) is 6.10. The van der Waals surface area contributed by atoms with Gasteiger partial charge in [-0.25, -0.2) is 4.98 Å². The van der Waals surface area contributed by atoms with Gasteiger partial charge in [-0.15, -0.1) is 0 Å². The second kappa shape index (κ2) is 5.91. The maximum Gasteiger partial charge on any atom is 0.248 e. The van der Waals surface area contributed by atoms with E-state index in [9.17, 15) is 4.79 Å². The molecule has 6 heteroatoms. The summed E-state index contributed by atoms with van der Waals surface area (Å²) >= 11 is 9.23. The summed E-state index contributed by atoms with van der Waals surface area (Å²) in [6.07, 6.45) is 1.55. The minimum Gasteiger partial charge on any atom is -0.322 e. The van der Waals surface area contributed by atoms with Gasteiger partial charge in [-0.05, 0) is 34.5 Å². The largest absolute Gasteiger partial charge is 0.322 e. The lowest BCUT2D eigenvalue weighted by Gasteiger charge is -2.24. The van der Waals surface area contributed by atoms with Crippen LogP contribution in [0.3, 0.4) is 0 Å². The summed E-state index contributed by atoms with van der Waals surface area (Å²) in [6.45, 7) is 1.65. The summed E-state index contributed by atoms with van der Waals surface area (Å²) in [6, 6.07) is 10.8. The van der Waals surface area contributed by atoms with E-state index in [0.717, 1.165) is 10.0 Å². The molecule has 2 rings (SSSR count). The van der Waals surface area contributed by atoms with Crippen LogP contribution in [0.5, 0.6) is 0 Å². The number of hydrogen-bond donors (Lipinski definition) is 2. The molecular weight excluding hydrogens is 342 g/mol. The number of amides is 1. The van der Waals surface area contributed by atoms with Crippen molar-refractivity contribution in [2.45, 2.75) is 12.5 Å². The van der Waals surface area contributed by atoms with Crippen molar-refractivity contribution in [1.29, 1.82) is 0 Å². The molecule has 2 aromatic rings. The van der Waals surface area contributed by atoms with Crippen LogP contribution in [0, 0.1) is 0 Å². The molecule has 0 aliphatic heterocycles. The zero-order valence-electron chi connectivity index (χ0n) is 10.7. The highest BCUT2D eigenvalue weighted by molar-refractivity contribution is 9.10. The van der Waals surface area contributed by atoms with Crippen molar-refractivity contribution in [1.82, 2.24) is 4.98 Å². The summed E-state index contributed by atoms with van der Waals surface area (Å²) in [5.74, 6) is -0.356. The molecule has 0 saturated carbocycles. The molecule has 1 heterocycles. The van der Waals surface area contributed by atoms with E-state index < -0.39 is 5.54 Å². The number of nitrogens with two attached hydrogens (primary N) is 1. The minimum atomic E-state index is -1.16. The van der Waals surface area contributed by atoms with Gasteiger partial charge in [0.15, 0.2) is 5.15 Å². The third-order valence-corrected chi connectivity index (χ3v) is 3.63. The summed E-state index contributed by atoms with van der Waals surface area (Å²) in [5, 5.41) is 2.91. The molecule has 1 atom stereocenters. The highest BCUT2D eigenvalue weighted by atomic mass is 79.9. The van der Waals surface area contributed by atoms with Crippen molar-refractivity contribution < 1.29 is 4.79 Å². The summed E-state index contributed by atoms with van der Waals surface area (Å²) in [7, 11) is 0. The van der Waals surface area contributed by atoms with Crippen LogP contribution in [-0.2, 0) is 10.3 Å². The Labute approximate surface area is 130 Å². The van der Waals surface area contributed by atoms with E-state index in [0.29, 0.717) is 5.69 Å². The Hall–Kier alpha value is -1.43. The van der Waals surface area contributed by atoms with E-state index in [-0.39, 0.29) is 11.1 Å². The second-order valence-electron chi connectivity index (χ2n) is 4.51. The Bertz CT molecular complexity index is 632. The van der Waals surface area contributed by atoms with Crippen molar-refractivity contribution in [2.24, 2.45) is 5.73 Å². The number of pyridine rings is 1. The fraction of sp³-hybridized carbons (Fsp3) is 0.143. The number of carbonyl (C=O) groups is 1. The van der Waals surface area contributed by atoms with Gasteiger partial charge in [0.1, 0.15) is 5.54 Å². The first-order chi connectivity index (χ1) is 9.41. The van der Waals surface area contributed by atoms with Crippen LogP contribution < -0.4 is 11.1 Å². The molecule has 4 nitrogen and oxygen atoms in total. The van der Waals surface area contributed by atoms with E-state index in [1.54, 1.807) is 31.3 Å². The average molecular weight is 355 g/mol. The van der Waals surface area contributed by atoms with Gasteiger partial charge < -0.3 is 11.1 Å². The smallest absolute Gasteiger partial charge is 0.248 e. The molecule has 0 spiro atoms. The molecule has 0 aliphatic carbocycles. The molecule has 3 N–H and O–H groups in total. The first kappa shape index (κ1) is 15.0. The minimum absolute atomic E-state index is 0.213. The second-order valence-corrected chi connectivity index (χ2v) is 5.79. The first-order valence-electron chi connectivity index (χ1n) is 5.88. The van der Waals surface area contributed by atoms with Crippen molar-refractivity contribution in [2.75, 3.05) is 5.32 Å². The highest BCUT2D eigenvalue weighted by Crippen LogP contribution is 2.25. The normalized spacial score (nSPS) is 13.6. The van der Waals surface area contributed by atoms with E-state index in [1.807, 2.05) is 18.2 Å². The van der Waals surface area contributed by atoms with Crippen LogP contribution in [0.1, 0.15) is 12.5 Å². The number of nitrogens with zero attached hydrogens (tertiary/aromatic N) is 1. The van der Waals surface area contributed by atoms with Crippen LogP contribution in [0.2, 0.25) is 5.15 Å². The van der Waals surface area contributed by atoms with Gasteiger partial charge in [0, 0.05) is 10.7 Å². The van der Waals surface area contributed by atoms with Crippen molar-refractivity contribution in [3.8, 4) is 0 Å². The fourth-order valence-corrected chi connectivity index (χ4v) is 2.16. The van der Waals surface area contributed by atoms with Gasteiger partial charge in [-0.2, -0.15) is 0 Å². The number of hydrogen-bond acceptors (Lipinski definition) is 3. The Morgan fingerprint density at radius 1 is 1.40 bits per heavy atom. The van der Waals surface area contributed by atoms with Crippen molar-refractivity contribution in [3.05, 3.63) is 57.8 Å². The van der Waals surface area contributed by atoms with E-state index in [4.69, 9.17) is 17.3 Å². The van der Waals surface area contributed by atoms with Crippen LogP contribution >= 0.6 is 27.5 Å². The third kappa shape index (κ3) is 3.17. The molecular formula is C14H13BrClN3O. The van der Waals surface area contributed by atoms with Gasteiger partial charge in [0.05, 0.1) is 5.69 Å². The van der Waals surface area contributed by atoms with E-state index in [2.05, 4.69) is 26.2 Å². The molecule has 0 bridgehead atoms. The van der Waals surface area contributed by atoms with Crippen molar-refractivity contribution >= 4 is 39.1 Å².